The number of anilines is 1. The number of hydrogen-bond acceptors (Lipinski definition) is 7. The van der Waals surface area contributed by atoms with Crippen LogP contribution in [0.2, 0.25) is 0 Å². The van der Waals surface area contributed by atoms with Crippen molar-refractivity contribution in [2.75, 3.05) is 57.0 Å². The number of hydrogen-bond donors (Lipinski definition) is 0. The number of piperidine rings is 1. The lowest BCUT2D eigenvalue weighted by atomic mass is 9.76. The van der Waals surface area contributed by atoms with Crippen molar-refractivity contribution in [3.05, 3.63) is 29.8 Å². The van der Waals surface area contributed by atoms with E-state index in [1.807, 2.05) is 24.3 Å². The summed E-state index contributed by atoms with van der Waals surface area (Å²) in [5.74, 6) is -0.142. The molecule has 3 aliphatic heterocycles. The first kappa shape index (κ1) is 22.1. The van der Waals surface area contributed by atoms with Gasteiger partial charge in [-0.15, -0.1) is 0 Å². The van der Waals surface area contributed by atoms with Crippen LogP contribution in [0.25, 0.3) is 0 Å². The summed E-state index contributed by atoms with van der Waals surface area (Å²) < 4.78 is 30.7. The van der Waals surface area contributed by atoms with Gasteiger partial charge in [0.1, 0.15) is 6.10 Å². The molecule has 0 N–H and O–H groups in total. The van der Waals surface area contributed by atoms with Gasteiger partial charge in [0.05, 0.1) is 23.3 Å². The third-order valence-electron chi connectivity index (χ3n) is 6.97. The fourth-order valence-electron chi connectivity index (χ4n) is 4.96. The van der Waals surface area contributed by atoms with Crippen LogP contribution < -0.4 is 4.90 Å². The summed E-state index contributed by atoms with van der Waals surface area (Å²) in [5.41, 5.74) is 1.32. The predicted octanol–water partition coefficient (Wildman–Crippen LogP) is 1.43. The molecule has 3 heterocycles. The van der Waals surface area contributed by atoms with Gasteiger partial charge in [-0.2, -0.15) is 5.26 Å². The maximum Gasteiger partial charge on any atom is 0.312 e. The van der Waals surface area contributed by atoms with E-state index in [1.54, 1.807) is 0 Å². The zero-order chi connectivity index (χ0) is 22.1. The van der Waals surface area contributed by atoms with E-state index >= 15 is 0 Å². The van der Waals surface area contributed by atoms with Gasteiger partial charge in [-0.1, -0.05) is 0 Å². The Morgan fingerprint density at radius 3 is 2.32 bits per heavy atom. The molecule has 3 saturated heterocycles. The fraction of sp³-hybridized carbons (Fsp3) is 0.636. The summed E-state index contributed by atoms with van der Waals surface area (Å²) in [5, 5.41) is 8.94. The van der Waals surface area contributed by atoms with E-state index in [9.17, 15) is 13.2 Å². The van der Waals surface area contributed by atoms with Crippen LogP contribution >= 0.6 is 0 Å². The van der Waals surface area contributed by atoms with Crippen LogP contribution in [0.4, 0.5) is 5.69 Å². The first-order valence-corrected chi connectivity index (χ1v) is 12.8. The second-order valence-electron chi connectivity index (χ2n) is 8.95. The molecule has 0 amide bonds. The van der Waals surface area contributed by atoms with Gasteiger partial charge in [0.2, 0.25) is 10.0 Å². The normalized spacial score (nSPS) is 24.8. The molecule has 0 aliphatic carbocycles. The van der Waals surface area contributed by atoms with E-state index in [2.05, 4.69) is 15.9 Å². The molecule has 0 unspecified atom stereocenters. The van der Waals surface area contributed by atoms with Gasteiger partial charge in [0, 0.05) is 57.9 Å². The topological polar surface area (TPSA) is 94.0 Å². The number of esters is 1. The summed E-state index contributed by atoms with van der Waals surface area (Å²) in [6.07, 6.45) is 3.78. The molecule has 3 aliphatic rings. The molecule has 0 radical (unpaired) electrons. The Hall–Kier alpha value is -2.15. The number of carbonyl (C=O) groups is 1. The molecular formula is C22H30N4O4S. The lowest BCUT2D eigenvalue weighted by molar-refractivity contribution is -0.150. The highest BCUT2D eigenvalue weighted by atomic mass is 32.2. The highest BCUT2D eigenvalue weighted by Crippen LogP contribution is 2.44. The van der Waals surface area contributed by atoms with Crippen LogP contribution in [0.3, 0.4) is 0 Å². The zero-order valence-electron chi connectivity index (χ0n) is 18.0. The minimum Gasteiger partial charge on any atom is -0.462 e. The fourth-order valence-corrected chi connectivity index (χ4v) is 5.80. The highest BCUT2D eigenvalue weighted by molar-refractivity contribution is 7.88. The molecule has 3 fully saturated rings. The third kappa shape index (κ3) is 4.86. The molecule has 0 saturated carbocycles. The van der Waals surface area contributed by atoms with E-state index in [0.29, 0.717) is 37.9 Å². The van der Waals surface area contributed by atoms with Crippen molar-refractivity contribution >= 4 is 21.7 Å². The van der Waals surface area contributed by atoms with Crippen molar-refractivity contribution in [1.82, 2.24) is 9.21 Å². The van der Waals surface area contributed by atoms with Gasteiger partial charge in [-0.05, 0) is 43.5 Å². The number of ether oxygens (including phenoxy) is 1. The average Bonchev–Trinajstić information content (AvgIpc) is 3.07. The van der Waals surface area contributed by atoms with E-state index in [-0.39, 0.29) is 12.1 Å². The number of nitrogens with zero attached hydrogens (tertiary/aromatic N) is 4. The average molecular weight is 447 g/mol. The quantitative estimate of drug-likeness (QED) is 0.632. The van der Waals surface area contributed by atoms with Crippen LogP contribution in [0.15, 0.2) is 24.3 Å². The van der Waals surface area contributed by atoms with Gasteiger partial charge < -0.3 is 9.64 Å². The Kier molecular flexibility index (Phi) is 6.24. The van der Waals surface area contributed by atoms with E-state index in [1.165, 1.54) is 10.6 Å². The van der Waals surface area contributed by atoms with Gasteiger partial charge >= 0.3 is 5.97 Å². The van der Waals surface area contributed by atoms with Crippen LogP contribution in [0, 0.1) is 16.7 Å². The minimum atomic E-state index is -3.20. The van der Waals surface area contributed by atoms with Crippen molar-refractivity contribution in [3.8, 4) is 6.07 Å². The third-order valence-corrected chi connectivity index (χ3v) is 8.28. The SMILES string of the molecule is CS(=O)(=O)N1CCC2(CC1)C[C@H](CCN1CCN(c3ccc(C#N)cc3)CC1)OC2=O. The molecular weight excluding hydrogens is 416 g/mol. The maximum absolute atomic E-state index is 12.6. The largest absolute Gasteiger partial charge is 0.462 e. The number of cyclic esters (lactones) is 1. The first-order chi connectivity index (χ1) is 14.8. The number of carbonyl (C=O) groups excluding carboxylic acids is 1. The Morgan fingerprint density at radius 1 is 1.10 bits per heavy atom. The first-order valence-electron chi connectivity index (χ1n) is 10.9. The molecule has 9 heteroatoms. The van der Waals surface area contributed by atoms with E-state index in [0.717, 1.165) is 44.8 Å². The molecule has 1 spiro atoms. The number of benzene rings is 1. The Bertz CT molecular complexity index is 941. The molecule has 31 heavy (non-hydrogen) atoms. The molecule has 0 bridgehead atoms. The Morgan fingerprint density at radius 2 is 1.74 bits per heavy atom. The number of nitriles is 1. The summed E-state index contributed by atoms with van der Waals surface area (Å²) in [6.45, 7) is 5.47. The predicted molar refractivity (Wildman–Crippen MR) is 117 cm³/mol. The van der Waals surface area contributed by atoms with Gasteiger partial charge in [0.25, 0.3) is 0 Å². The monoisotopic (exact) mass is 446 g/mol. The lowest BCUT2D eigenvalue weighted by Gasteiger charge is -2.36. The second kappa shape index (κ2) is 8.77. The summed E-state index contributed by atoms with van der Waals surface area (Å²) >= 11 is 0. The van der Waals surface area contributed by atoms with E-state index in [4.69, 9.17) is 10.00 Å². The minimum absolute atomic E-state index is 0.0751. The maximum atomic E-state index is 12.6. The van der Waals surface area contributed by atoms with Crippen molar-refractivity contribution in [2.24, 2.45) is 5.41 Å². The van der Waals surface area contributed by atoms with Crippen molar-refractivity contribution in [3.63, 3.8) is 0 Å². The van der Waals surface area contributed by atoms with Gasteiger partial charge in [-0.25, -0.2) is 12.7 Å². The summed E-state index contributed by atoms with van der Waals surface area (Å²) in [4.78, 5) is 17.3. The van der Waals surface area contributed by atoms with Gasteiger partial charge in [-0.3, -0.25) is 9.69 Å². The molecule has 168 valence electrons. The van der Waals surface area contributed by atoms with Gasteiger partial charge in [0.15, 0.2) is 0 Å². The molecule has 1 aromatic carbocycles. The highest BCUT2D eigenvalue weighted by Gasteiger charge is 2.51. The van der Waals surface area contributed by atoms with Crippen molar-refractivity contribution in [2.45, 2.75) is 31.8 Å². The number of sulfonamides is 1. The zero-order valence-corrected chi connectivity index (χ0v) is 18.8. The molecule has 0 aromatic heterocycles. The van der Waals surface area contributed by atoms with Crippen LogP contribution in [-0.4, -0.2) is 81.8 Å². The summed E-state index contributed by atoms with van der Waals surface area (Å²) in [7, 11) is -3.20. The smallest absolute Gasteiger partial charge is 0.312 e. The van der Waals surface area contributed by atoms with Crippen LogP contribution in [0.1, 0.15) is 31.2 Å². The standard InChI is InChI=1S/C22H30N4O4S/c1-31(28,29)26-10-7-22(8-11-26)16-20(30-21(22)27)6-9-24-12-14-25(15-13-24)19-4-2-18(17-23)3-5-19/h2-5,20H,6-16H2,1H3/t20-/m0/s1. The molecule has 8 nitrogen and oxygen atoms in total. The Balaban J connectivity index is 1.23. The molecule has 4 rings (SSSR count). The Labute approximate surface area is 184 Å². The molecule has 1 aromatic rings. The lowest BCUT2D eigenvalue weighted by Crippen LogP contribution is -2.47. The van der Waals surface area contributed by atoms with E-state index < -0.39 is 15.4 Å². The second-order valence-corrected chi connectivity index (χ2v) is 10.9. The van der Waals surface area contributed by atoms with Crippen molar-refractivity contribution < 1.29 is 17.9 Å². The number of piperazine rings is 1. The summed E-state index contributed by atoms with van der Waals surface area (Å²) in [6, 6.07) is 9.86. The molecule has 1 atom stereocenters. The van der Waals surface area contributed by atoms with Crippen LogP contribution in [0.5, 0.6) is 0 Å². The number of rotatable bonds is 5. The van der Waals surface area contributed by atoms with Crippen molar-refractivity contribution in [1.29, 1.82) is 5.26 Å². The van der Waals surface area contributed by atoms with Crippen LogP contribution in [-0.2, 0) is 19.6 Å².